The number of nitrogens with zero attached hydrogens (tertiary/aromatic N) is 1. The van der Waals surface area contributed by atoms with E-state index in [0.717, 1.165) is 5.56 Å². The molecule has 1 amide bonds. The van der Waals surface area contributed by atoms with Crippen molar-refractivity contribution >= 4 is 5.91 Å². The van der Waals surface area contributed by atoms with Gasteiger partial charge in [0.15, 0.2) is 0 Å². The van der Waals surface area contributed by atoms with Crippen molar-refractivity contribution in [2.24, 2.45) is 0 Å². The van der Waals surface area contributed by atoms with E-state index in [1.54, 1.807) is 25.2 Å². The molecule has 0 aliphatic carbocycles. The molecule has 1 N–H and O–H groups in total. The van der Waals surface area contributed by atoms with E-state index >= 15 is 0 Å². The third kappa shape index (κ3) is 2.60. The molecule has 0 heterocycles. The van der Waals surface area contributed by atoms with Gasteiger partial charge in [0.2, 0.25) is 5.91 Å². The quantitative estimate of drug-likeness (QED) is 0.722. The zero-order chi connectivity index (χ0) is 9.68. The summed E-state index contributed by atoms with van der Waals surface area (Å²) in [4.78, 5) is 11.0. The van der Waals surface area contributed by atoms with E-state index < -0.39 is 0 Å². The van der Waals surface area contributed by atoms with Gasteiger partial charge in [-0.3, -0.25) is 4.79 Å². The maximum absolute atomic E-state index is 11.0. The van der Waals surface area contributed by atoms with Gasteiger partial charge in [-0.1, -0.05) is 12.1 Å². The van der Waals surface area contributed by atoms with Crippen LogP contribution in [0.1, 0.15) is 11.1 Å². The predicted molar refractivity (Wildman–Crippen MR) is 48.9 cm³/mol. The fourth-order valence-corrected chi connectivity index (χ4v) is 1.02. The van der Waals surface area contributed by atoms with Crippen molar-refractivity contribution in [3.8, 4) is 6.07 Å². The summed E-state index contributed by atoms with van der Waals surface area (Å²) in [6, 6.07) is 9.06. The monoisotopic (exact) mass is 174 g/mol. The normalized spacial score (nSPS) is 8.92. The summed E-state index contributed by atoms with van der Waals surface area (Å²) < 4.78 is 0. The molecule has 0 radical (unpaired) electrons. The number of carbonyl (C=O) groups is 1. The molecule has 0 saturated carbocycles. The number of nitriles is 1. The van der Waals surface area contributed by atoms with Crippen molar-refractivity contribution in [3.63, 3.8) is 0 Å². The molecule has 0 aromatic heterocycles. The first-order chi connectivity index (χ1) is 6.26. The van der Waals surface area contributed by atoms with E-state index in [-0.39, 0.29) is 5.91 Å². The second kappa shape index (κ2) is 4.27. The molecule has 0 unspecified atom stereocenters. The summed E-state index contributed by atoms with van der Waals surface area (Å²) in [5.41, 5.74) is 1.44. The van der Waals surface area contributed by atoms with E-state index in [1.807, 2.05) is 12.1 Å². The van der Waals surface area contributed by atoms with Gasteiger partial charge >= 0.3 is 0 Å². The van der Waals surface area contributed by atoms with Gasteiger partial charge in [-0.25, -0.2) is 0 Å². The molecule has 13 heavy (non-hydrogen) atoms. The van der Waals surface area contributed by atoms with Crippen LogP contribution in [0.3, 0.4) is 0 Å². The summed E-state index contributed by atoms with van der Waals surface area (Å²) in [5.74, 6) is -0.0462. The van der Waals surface area contributed by atoms with Crippen LogP contribution in [0.15, 0.2) is 24.3 Å². The van der Waals surface area contributed by atoms with Gasteiger partial charge in [0.05, 0.1) is 18.1 Å². The van der Waals surface area contributed by atoms with Gasteiger partial charge in [-0.2, -0.15) is 5.26 Å². The Kier molecular flexibility index (Phi) is 3.04. The molecule has 3 nitrogen and oxygen atoms in total. The zero-order valence-corrected chi connectivity index (χ0v) is 7.37. The van der Waals surface area contributed by atoms with Crippen molar-refractivity contribution in [1.29, 1.82) is 5.26 Å². The van der Waals surface area contributed by atoms with Crippen LogP contribution in [-0.4, -0.2) is 13.0 Å². The molecule has 1 aromatic rings. The van der Waals surface area contributed by atoms with Gasteiger partial charge in [0, 0.05) is 7.05 Å². The Hall–Kier alpha value is -1.82. The Labute approximate surface area is 77.0 Å². The highest BCUT2D eigenvalue weighted by Crippen LogP contribution is 2.04. The molecule has 0 aliphatic heterocycles. The number of carbonyl (C=O) groups excluding carboxylic acids is 1. The molecule has 1 rings (SSSR count). The molecular formula is C10H10N2O. The molecule has 66 valence electrons. The van der Waals surface area contributed by atoms with Gasteiger partial charge in [-0.05, 0) is 17.7 Å². The number of likely N-dealkylation sites (N-methyl/N-ethyl adjacent to an activating group) is 1. The molecule has 0 fully saturated rings. The summed E-state index contributed by atoms with van der Waals surface area (Å²) >= 11 is 0. The highest BCUT2D eigenvalue weighted by Gasteiger charge is 2.00. The Morgan fingerprint density at radius 1 is 1.62 bits per heavy atom. The first kappa shape index (κ1) is 9.27. The van der Waals surface area contributed by atoms with E-state index in [1.165, 1.54) is 0 Å². The standard InChI is InChI=1S/C10H10N2O/c1-12-10(13)6-8-3-2-4-9(5-8)7-11/h2-5H,6H2,1H3,(H,12,13). The van der Waals surface area contributed by atoms with Gasteiger partial charge in [-0.15, -0.1) is 0 Å². The average molecular weight is 174 g/mol. The Morgan fingerprint density at radius 2 is 2.38 bits per heavy atom. The number of hydrogen-bond donors (Lipinski definition) is 1. The van der Waals surface area contributed by atoms with Crippen molar-refractivity contribution in [1.82, 2.24) is 5.32 Å². The largest absolute Gasteiger partial charge is 0.359 e. The van der Waals surface area contributed by atoms with E-state index in [0.29, 0.717) is 12.0 Å². The van der Waals surface area contributed by atoms with Crippen molar-refractivity contribution in [2.75, 3.05) is 7.05 Å². The van der Waals surface area contributed by atoms with Crippen LogP contribution in [0.25, 0.3) is 0 Å². The Bertz CT molecular complexity index is 352. The predicted octanol–water partition coefficient (Wildman–Crippen LogP) is 0.847. The smallest absolute Gasteiger partial charge is 0.224 e. The second-order valence-corrected chi connectivity index (χ2v) is 2.66. The van der Waals surface area contributed by atoms with Crippen LogP contribution in [-0.2, 0) is 11.2 Å². The number of rotatable bonds is 2. The molecule has 0 bridgehead atoms. The molecule has 0 saturated heterocycles. The van der Waals surface area contributed by atoms with Crippen molar-refractivity contribution < 1.29 is 4.79 Å². The van der Waals surface area contributed by atoms with Gasteiger partial charge in [0.1, 0.15) is 0 Å². The molecule has 0 aliphatic rings. The van der Waals surface area contributed by atoms with Crippen LogP contribution in [0, 0.1) is 11.3 Å². The lowest BCUT2D eigenvalue weighted by Gasteiger charge is -1.99. The first-order valence-corrected chi connectivity index (χ1v) is 3.96. The lowest BCUT2D eigenvalue weighted by Crippen LogP contribution is -2.19. The summed E-state index contributed by atoms with van der Waals surface area (Å²) in [6.07, 6.45) is 0.325. The fourth-order valence-electron chi connectivity index (χ4n) is 1.02. The van der Waals surface area contributed by atoms with Crippen LogP contribution in [0.2, 0.25) is 0 Å². The van der Waals surface area contributed by atoms with Gasteiger partial charge < -0.3 is 5.32 Å². The molecule has 0 spiro atoms. The number of amides is 1. The molecule has 0 atom stereocenters. The van der Waals surface area contributed by atoms with Crippen molar-refractivity contribution in [3.05, 3.63) is 35.4 Å². The second-order valence-electron chi connectivity index (χ2n) is 2.66. The lowest BCUT2D eigenvalue weighted by molar-refractivity contribution is -0.119. The third-order valence-electron chi connectivity index (χ3n) is 1.70. The Morgan fingerprint density at radius 3 is 3.00 bits per heavy atom. The molecule has 3 heteroatoms. The molecular weight excluding hydrogens is 164 g/mol. The van der Waals surface area contributed by atoms with E-state index in [2.05, 4.69) is 5.32 Å². The minimum atomic E-state index is -0.0462. The first-order valence-electron chi connectivity index (χ1n) is 3.96. The maximum Gasteiger partial charge on any atom is 0.224 e. The van der Waals surface area contributed by atoms with Crippen LogP contribution < -0.4 is 5.32 Å². The number of benzene rings is 1. The minimum Gasteiger partial charge on any atom is -0.359 e. The van der Waals surface area contributed by atoms with Crippen LogP contribution in [0.5, 0.6) is 0 Å². The fraction of sp³-hybridized carbons (Fsp3) is 0.200. The minimum absolute atomic E-state index is 0.0462. The van der Waals surface area contributed by atoms with Crippen LogP contribution >= 0.6 is 0 Å². The number of hydrogen-bond acceptors (Lipinski definition) is 2. The maximum atomic E-state index is 11.0. The molecule has 1 aromatic carbocycles. The zero-order valence-electron chi connectivity index (χ0n) is 7.37. The highest BCUT2D eigenvalue weighted by atomic mass is 16.1. The van der Waals surface area contributed by atoms with Gasteiger partial charge in [0.25, 0.3) is 0 Å². The summed E-state index contributed by atoms with van der Waals surface area (Å²) in [6.45, 7) is 0. The SMILES string of the molecule is CNC(=O)Cc1cccc(C#N)c1. The topological polar surface area (TPSA) is 52.9 Å². The third-order valence-corrected chi connectivity index (χ3v) is 1.70. The average Bonchev–Trinajstić information content (AvgIpc) is 2.18. The summed E-state index contributed by atoms with van der Waals surface area (Å²) in [7, 11) is 1.59. The van der Waals surface area contributed by atoms with Crippen LogP contribution in [0.4, 0.5) is 0 Å². The Balaban J connectivity index is 2.79. The van der Waals surface area contributed by atoms with E-state index in [4.69, 9.17) is 5.26 Å². The highest BCUT2D eigenvalue weighted by molar-refractivity contribution is 5.78. The lowest BCUT2D eigenvalue weighted by atomic mass is 10.1. The van der Waals surface area contributed by atoms with E-state index in [9.17, 15) is 4.79 Å². The number of nitrogens with one attached hydrogen (secondary N) is 1. The summed E-state index contributed by atoms with van der Waals surface area (Å²) in [5, 5.41) is 11.1. The van der Waals surface area contributed by atoms with Crippen molar-refractivity contribution in [2.45, 2.75) is 6.42 Å².